The van der Waals surface area contributed by atoms with Crippen LogP contribution in [0.2, 0.25) is 0 Å². The number of benzene rings is 1. The number of fused-ring (bicyclic) bond motifs is 1. The van der Waals surface area contributed by atoms with E-state index in [9.17, 15) is 4.79 Å². The Balaban J connectivity index is 2.19. The lowest BCUT2D eigenvalue weighted by atomic mass is 10.1. The molecule has 0 saturated carbocycles. The summed E-state index contributed by atoms with van der Waals surface area (Å²) in [7, 11) is 0. The largest absolute Gasteiger partial charge is 0.444 e. The van der Waals surface area contributed by atoms with Crippen molar-refractivity contribution in [3.05, 3.63) is 45.8 Å². The van der Waals surface area contributed by atoms with Crippen molar-refractivity contribution in [2.45, 2.75) is 44.9 Å². The second-order valence-corrected chi connectivity index (χ2v) is 5.80. The third-order valence-corrected chi connectivity index (χ3v) is 3.08. The van der Waals surface area contributed by atoms with Gasteiger partial charge < -0.3 is 10.1 Å². The van der Waals surface area contributed by atoms with Crippen LogP contribution in [-0.4, -0.2) is 17.7 Å². The summed E-state index contributed by atoms with van der Waals surface area (Å²) in [6.07, 6.45) is 0.123. The van der Waals surface area contributed by atoms with E-state index in [1.54, 1.807) is 20.8 Å². The molecule has 20 heavy (non-hydrogen) atoms. The fraction of sp³-hybridized carbons (Fsp3) is 0.500. The summed E-state index contributed by atoms with van der Waals surface area (Å²) in [5.41, 5.74) is 10.2. The van der Waals surface area contributed by atoms with E-state index in [2.05, 4.69) is 15.3 Å². The van der Waals surface area contributed by atoms with Crippen molar-refractivity contribution in [2.75, 3.05) is 0 Å². The highest BCUT2D eigenvalue weighted by atomic mass is 16.6. The van der Waals surface area contributed by atoms with Gasteiger partial charge in [0.05, 0.1) is 12.1 Å². The smallest absolute Gasteiger partial charge is 0.408 e. The van der Waals surface area contributed by atoms with Gasteiger partial charge in [-0.2, -0.15) is 0 Å². The van der Waals surface area contributed by atoms with Gasteiger partial charge in [-0.15, -0.1) is 0 Å². The molecule has 0 aliphatic heterocycles. The number of carbonyl (C=O) groups is 1. The molecule has 0 bridgehead atoms. The second-order valence-electron chi connectivity index (χ2n) is 5.80. The molecule has 1 aliphatic carbocycles. The van der Waals surface area contributed by atoms with Gasteiger partial charge in [-0.25, -0.2) is 4.79 Å². The molecular weight excluding hydrogens is 256 g/mol. The lowest BCUT2D eigenvalue weighted by molar-refractivity contribution is 0.0499. The molecule has 1 aromatic carbocycles. The Labute approximate surface area is 117 Å². The topological polar surface area (TPSA) is 87.1 Å². The second kappa shape index (κ2) is 5.43. The Morgan fingerprint density at radius 1 is 1.45 bits per heavy atom. The maximum Gasteiger partial charge on any atom is 0.408 e. The normalized spacial score (nSPS) is 20.8. The number of carbonyl (C=O) groups excluding carboxylic acids is 1. The van der Waals surface area contributed by atoms with Crippen molar-refractivity contribution in [2.24, 2.45) is 5.11 Å². The van der Waals surface area contributed by atoms with Gasteiger partial charge in [0.15, 0.2) is 0 Å². The minimum atomic E-state index is -0.559. The summed E-state index contributed by atoms with van der Waals surface area (Å²) in [5, 5.41) is 6.58. The number of azide groups is 1. The number of nitrogens with zero attached hydrogens (tertiary/aromatic N) is 3. The van der Waals surface area contributed by atoms with Gasteiger partial charge in [-0.1, -0.05) is 29.4 Å². The molecule has 1 amide bonds. The summed E-state index contributed by atoms with van der Waals surface area (Å²) in [4.78, 5) is 14.8. The van der Waals surface area contributed by atoms with E-state index in [-0.39, 0.29) is 12.1 Å². The minimum Gasteiger partial charge on any atom is -0.444 e. The zero-order valence-corrected chi connectivity index (χ0v) is 11.8. The van der Waals surface area contributed by atoms with Crippen LogP contribution < -0.4 is 5.32 Å². The quantitative estimate of drug-likeness (QED) is 0.508. The number of rotatable bonds is 2. The zero-order valence-electron chi connectivity index (χ0n) is 11.8. The van der Waals surface area contributed by atoms with Crippen molar-refractivity contribution in [1.82, 2.24) is 5.32 Å². The number of amides is 1. The van der Waals surface area contributed by atoms with Gasteiger partial charge in [0.25, 0.3) is 0 Å². The van der Waals surface area contributed by atoms with Gasteiger partial charge >= 0.3 is 6.09 Å². The molecule has 0 saturated heterocycles. The van der Waals surface area contributed by atoms with E-state index in [0.717, 1.165) is 11.1 Å². The first kappa shape index (κ1) is 14.2. The Bertz CT molecular complexity index is 559. The zero-order chi connectivity index (χ0) is 14.8. The van der Waals surface area contributed by atoms with Crippen LogP contribution in [0.5, 0.6) is 0 Å². The maximum absolute atomic E-state index is 11.9. The minimum absolute atomic E-state index is 0.315. The predicted octanol–water partition coefficient (Wildman–Crippen LogP) is 3.49. The standard InChI is InChI=1S/C14H18N4O2/c1-14(2,3)20-13(19)16-12-10-7-5-4-6-9(10)8-11(12)17-18-15/h4-7,11-12H,8H2,1-3H3,(H,16,19)/t11-,12-/m0/s1. The SMILES string of the molecule is CC(C)(C)OC(=O)N[C@H]1c2ccccc2C[C@@H]1N=[N+]=[N-]. The van der Waals surface area contributed by atoms with Crippen LogP contribution in [0.25, 0.3) is 10.4 Å². The van der Waals surface area contributed by atoms with Crippen molar-refractivity contribution in [3.63, 3.8) is 0 Å². The van der Waals surface area contributed by atoms with Crippen molar-refractivity contribution < 1.29 is 9.53 Å². The molecule has 1 aromatic rings. The number of ether oxygens (including phenoxy) is 1. The molecule has 0 heterocycles. The molecule has 1 aliphatic rings. The molecule has 0 radical (unpaired) electrons. The first-order valence-corrected chi connectivity index (χ1v) is 6.52. The molecule has 6 heteroatoms. The molecule has 0 aromatic heterocycles. The van der Waals surface area contributed by atoms with Crippen LogP contribution >= 0.6 is 0 Å². The first-order valence-electron chi connectivity index (χ1n) is 6.52. The molecule has 0 unspecified atom stereocenters. The molecule has 2 atom stereocenters. The van der Waals surface area contributed by atoms with E-state index in [0.29, 0.717) is 6.42 Å². The van der Waals surface area contributed by atoms with Crippen LogP contribution in [0.4, 0.5) is 4.79 Å². The lowest BCUT2D eigenvalue weighted by Gasteiger charge is -2.23. The van der Waals surface area contributed by atoms with E-state index in [4.69, 9.17) is 10.3 Å². The van der Waals surface area contributed by atoms with Crippen molar-refractivity contribution >= 4 is 6.09 Å². The summed E-state index contributed by atoms with van der Waals surface area (Å²) < 4.78 is 5.26. The van der Waals surface area contributed by atoms with Crippen LogP contribution in [0.3, 0.4) is 0 Å². The van der Waals surface area contributed by atoms with E-state index in [1.807, 2.05) is 24.3 Å². The average Bonchev–Trinajstić information content (AvgIpc) is 2.66. The van der Waals surface area contributed by atoms with Gasteiger partial charge in [-0.3, -0.25) is 0 Å². The average molecular weight is 274 g/mol. The Kier molecular flexibility index (Phi) is 3.86. The van der Waals surface area contributed by atoms with Gasteiger partial charge in [0.2, 0.25) is 0 Å². The molecule has 6 nitrogen and oxygen atoms in total. The van der Waals surface area contributed by atoms with Gasteiger partial charge in [0.1, 0.15) is 5.60 Å². The highest BCUT2D eigenvalue weighted by Gasteiger charge is 2.33. The van der Waals surface area contributed by atoms with E-state index >= 15 is 0 Å². The fourth-order valence-electron chi connectivity index (χ4n) is 2.36. The van der Waals surface area contributed by atoms with E-state index in [1.165, 1.54) is 0 Å². The van der Waals surface area contributed by atoms with Crippen LogP contribution in [0.15, 0.2) is 29.4 Å². The summed E-state index contributed by atoms with van der Waals surface area (Å²) in [6.45, 7) is 5.42. The lowest BCUT2D eigenvalue weighted by Crippen LogP contribution is -2.37. The molecule has 2 rings (SSSR count). The Hall–Kier alpha value is -2.20. The summed E-state index contributed by atoms with van der Waals surface area (Å²) in [5.74, 6) is 0. The fourth-order valence-corrected chi connectivity index (χ4v) is 2.36. The number of hydrogen-bond donors (Lipinski definition) is 1. The number of nitrogens with one attached hydrogen (secondary N) is 1. The monoisotopic (exact) mass is 274 g/mol. The van der Waals surface area contributed by atoms with E-state index < -0.39 is 11.7 Å². The number of alkyl carbamates (subject to hydrolysis) is 1. The number of hydrogen-bond acceptors (Lipinski definition) is 3. The molecule has 0 fully saturated rings. The van der Waals surface area contributed by atoms with Crippen LogP contribution in [-0.2, 0) is 11.2 Å². The molecule has 1 N–H and O–H groups in total. The molecule has 0 spiro atoms. The van der Waals surface area contributed by atoms with Crippen LogP contribution in [0, 0.1) is 0 Å². The van der Waals surface area contributed by atoms with Crippen molar-refractivity contribution in [1.29, 1.82) is 0 Å². The third kappa shape index (κ3) is 3.22. The molecule has 106 valence electrons. The molecular formula is C14H18N4O2. The highest BCUT2D eigenvalue weighted by molar-refractivity contribution is 5.69. The Morgan fingerprint density at radius 2 is 2.15 bits per heavy atom. The predicted molar refractivity (Wildman–Crippen MR) is 75.2 cm³/mol. The highest BCUT2D eigenvalue weighted by Crippen LogP contribution is 2.33. The third-order valence-electron chi connectivity index (χ3n) is 3.08. The Morgan fingerprint density at radius 3 is 2.80 bits per heavy atom. The van der Waals surface area contributed by atoms with Crippen molar-refractivity contribution in [3.8, 4) is 0 Å². The first-order chi connectivity index (χ1) is 9.40. The summed E-state index contributed by atoms with van der Waals surface area (Å²) in [6, 6.07) is 7.10. The summed E-state index contributed by atoms with van der Waals surface area (Å²) >= 11 is 0. The van der Waals surface area contributed by atoms with Gasteiger partial charge in [0, 0.05) is 4.91 Å². The maximum atomic E-state index is 11.9. The van der Waals surface area contributed by atoms with Crippen LogP contribution in [0.1, 0.15) is 37.9 Å². The van der Waals surface area contributed by atoms with Gasteiger partial charge in [-0.05, 0) is 43.9 Å².